The Morgan fingerprint density at radius 2 is 1.88 bits per heavy atom. The first kappa shape index (κ1) is 12.9. The summed E-state index contributed by atoms with van der Waals surface area (Å²) in [4.78, 5) is 0. The lowest BCUT2D eigenvalue weighted by Crippen LogP contribution is -2.11. The van der Waals surface area contributed by atoms with Crippen LogP contribution in [0.25, 0.3) is 0 Å². The van der Waals surface area contributed by atoms with Gasteiger partial charge in [0, 0.05) is 16.1 Å². The third-order valence-corrected chi connectivity index (χ3v) is 3.81. The highest BCUT2D eigenvalue weighted by Crippen LogP contribution is 2.25. The number of thiophene rings is 1. The molecule has 4 heteroatoms. The van der Waals surface area contributed by atoms with E-state index in [9.17, 15) is 0 Å². The van der Waals surface area contributed by atoms with Gasteiger partial charge in [-0.25, -0.2) is 0 Å². The van der Waals surface area contributed by atoms with Crippen LogP contribution in [0.3, 0.4) is 0 Å². The lowest BCUT2D eigenvalue weighted by atomic mass is 10.0. The molecule has 0 bridgehead atoms. The third-order valence-electron chi connectivity index (χ3n) is 2.64. The van der Waals surface area contributed by atoms with Crippen LogP contribution in [0, 0.1) is 0 Å². The number of benzene rings is 1. The van der Waals surface area contributed by atoms with E-state index < -0.39 is 0 Å². The molecule has 1 heterocycles. The molecule has 1 aromatic heterocycles. The van der Waals surface area contributed by atoms with Crippen molar-refractivity contribution in [2.45, 2.75) is 18.9 Å². The summed E-state index contributed by atoms with van der Waals surface area (Å²) in [6.07, 6.45) is 1.88. The van der Waals surface area contributed by atoms with Gasteiger partial charge < -0.3 is 5.73 Å². The molecule has 1 unspecified atom stereocenters. The van der Waals surface area contributed by atoms with Gasteiger partial charge in [0.1, 0.15) is 0 Å². The van der Waals surface area contributed by atoms with Crippen LogP contribution in [-0.4, -0.2) is 0 Å². The summed E-state index contributed by atoms with van der Waals surface area (Å²) in [7, 11) is 0. The first-order valence-electron chi connectivity index (χ1n) is 5.38. The molecular weight excluding hydrogens is 273 g/mol. The zero-order valence-corrected chi connectivity index (χ0v) is 11.5. The molecule has 90 valence electrons. The average molecular weight is 286 g/mol. The van der Waals surface area contributed by atoms with Crippen LogP contribution in [0.15, 0.2) is 35.0 Å². The lowest BCUT2D eigenvalue weighted by molar-refractivity contribution is 0.652. The monoisotopic (exact) mass is 285 g/mol. The van der Waals surface area contributed by atoms with Gasteiger partial charge in [0.05, 0.1) is 0 Å². The number of aryl methyl sites for hydroxylation is 1. The van der Waals surface area contributed by atoms with E-state index in [1.165, 1.54) is 5.56 Å². The second kappa shape index (κ2) is 5.87. The van der Waals surface area contributed by atoms with Crippen LogP contribution in [0.1, 0.15) is 23.6 Å². The number of hydrogen-bond donors (Lipinski definition) is 1. The van der Waals surface area contributed by atoms with Gasteiger partial charge in [-0.15, -0.1) is 0 Å². The van der Waals surface area contributed by atoms with E-state index in [1.54, 1.807) is 17.4 Å². The van der Waals surface area contributed by atoms with E-state index in [0.717, 1.165) is 18.4 Å². The van der Waals surface area contributed by atoms with Gasteiger partial charge >= 0.3 is 0 Å². The van der Waals surface area contributed by atoms with Gasteiger partial charge in [-0.3, -0.25) is 0 Å². The molecule has 2 aromatic rings. The van der Waals surface area contributed by atoms with Crippen molar-refractivity contribution in [1.29, 1.82) is 0 Å². The van der Waals surface area contributed by atoms with E-state index in [1.807, 2.05) is 12.1 Å². The highest BCUT2D eigenvalue weighted by atomic mass is 35.5. The Bertz CT molecular complexity index is 462. The summed E-state index contributed by atoms with van der Waals surface area (Å²) < 4.78 is 0. The molecule has 1 aromatic carbocycles. The maximum atomic E-state index is 6.14. The fourth-order valence-corrected chi connectivity index (χ4v) is 2.96. The van der Waals surface area contributed by atoms with Crippen molar-refractivity contribution in [3.8, 4) is 0 Å². The molecule has 1 nitrogen and oxygen atoms in total. The third kappa shape index (κ3) is 3.71. The summed E-state index contributed by atoms with van der Waals surface area (Å²) in [6, 6.07) is 7.59. The first-order valence-corrected chi connectivity index (χ1v) is 7.07. The van der Waals surface area contributed by atoms with E-state index in [4.69, 9.17) is 28.9 Å². The second-order valence-corrected chi connectivity index (χ2v) is 5.63. The van der Waals surface area contributed by atoms with Gasteiger partial charge in [-0.2, -0.15) is 11.3 Å². The summed E-state index contributed by atoms with van der Waals surface area (Å²) in [5.74, 6) is 0. The summed E-state index contributed by atoms with van der Waals surface area (Å²) in [5.41, 5.74) is 8.47. The SMILES string of the molecule is NC(CCc1ccsc1)c1cc(Cl)cc(Cl)c1. The van der Waals surface area contributed by atoms with Crippen LogP contribution in [0.5, 0.6) is 0 Å². The normalized spacial score (nSPS) is 12.6. The zero-order chi connectivity index (χ0) is 12.3. The number of nitrogens with two attached hydrogens (primary N) is 1. The highest BCUT2D eigenvalue weighted by Gasteiger charge is 2.08. The van der Waals surface area contributed by atoms with Gasteiger partial charge in [-0.05, 0) is 59.0 Å². The zero-order valence-electron chi connectivity index (χ0n) is 9.20. The van der Waals surface area contributed by atoms with E-state index in [0.29, 0.717) is 10.0 Å². The van der Waals surface area contributed by atoms with E-state index in [-0.39, 0.29) is 6.04 Å². The molecule has 0 amide bonds. The average Bonchev–Trinajstić information content (AvgIpc) is 2.77. The maximum absolute atomic E-state index is 6.14. The molecular formula is C13H13Cl2NS. The van der Waals surface area contributed by atoms with Crippen molar-refractivity contribution >= 4 is 34.5 Å². The molecule has 2 rings (SSSR count). The summed E-state index contributed by atoms with van der Waals surface area (Å²) in [6.45, 7) is 0. The lowest BCUT2D eigenvalue weighted by Gasteiger charge is -2.12. The van der Waals surface area contributed by atoms with Crippen molar-refractivity contribution in [1.82, 2.24) is 0 Å². The Morgan fingerprint density at radius 1 is 1.18 bits per heavy atom. The minimum Gasteiger partial charge on any atom is -0.324 e. The highest BCUT2D eigenvalue weighted by molar-refractivity contribution is 7.07. The summed E-state index contributed by atoms with van der Waals surface area (Å²) in [5, 5.41) is 5.51. The van der Waals surface area contributed by atoms with Crippen LogP contribution in [-0.2, 0) is 6.42 Å². The Morgan fingerprint density at radius 3 is 2.47 bits per heavy atom. The second-order valence-electron chi connectivity index (χ2n) is 3.98. The Labute approximate surface area is 115 Å². The van der Waals surface area contributed by atoms with Crippen molar-refractivity contribution in [3.05, 3.63) is 56.2 Å². The van der Waals surface area contributed by atoms with Crippen LogP contribution in [0.4, 0.5) is 0 Å². The largest absolute Gasteiger partial charge is 0.324 e. The Hall–Kier alpha value is -0.540. The minimum absolute atomic E-state index is 0.0221. The molecule has 0 aliphatic carbocycles. The number of hydrogen-bond acceptors (Lipinski definition) is 2. The fourth-order valence-electron chi connectivity index (χ4n) is 1.71. The molecule has 2 N–H and O–H groups in total. The molecule has 0 spiro atoms. The molecule has 0 saturated carbocycles. The fraction of sp³-hybridized carbons (Fsp3) is 0.231. The molecule has 0 radical (unpaired) electrons. The molecule has 1 atom stereocenters. The van der Waals surface area contributed by atoms with Gasteiger partial charge in [-0.1, -0.05) is 23.2 Å². The molecule has 17 heavy (non-hydrogen) atoms. The van der Waals surface area contributed by atoms with Crippen molar-refractivity contribution in [2.75, 3.05) is 0 Å². The van der Waals surface area contributed by atoms with E-state index >= 15 is 0 Å². The maximum Gasteiger partial charge on any atom is 0.0424 e. The molecule has 0 aliphatic rings. The standard InChI is InChI=1S/C13H13Cl2NS/c14-11-5-10(6-12(15)7-11)13(16)2-1-9-3-4-17-8-9/h3-8,13H,1-2,16H2. The molecule has 0 aliphatic heterocycles. The Kier molecular flexibility index (Phi) is 4.46. The van der Waals surface area contributed by atoms with Crippen molar-refractivity contribution in [3.63, 3.8) is 0 Å². The minimum atomic E-state index is -0.0221. The van der Waals surface area contributed by atoms with Crippen LogP contribution in [0.2, 0.25) is 10.0 Å². The predicted octanol–water partition coefficient (Wildman–Crippen LogP) is 4.69. The smallest absolute Gasteiger partial charge is 0.0424 e. The van der Waals surface area contributed by atoms with Crippen molar-refractivity contribution < 1.29 is 0 Å². The Balaban J connectivity index is 2.01. The molecule has 0 fully saturated rings. The predicted molar refractivity (Wildman–Crippen MR) is 76.0 cm³/mol. The summed E-state index contributed by atoms with van der Waals surface area (Å²) >= 11 is 13.6. The quantitative estimate of drug-likeness (QED) is 0.867. The van der Waals surface area contributed by atoms with E-state index in [2.05, 4.69) is 16.8 Å². The first-order chi connectivity index (χ1) is 8.15. The topological polar surface area (TPSA) is 26.0 Å². The van der Waals surface area contributed by atoms with Crippen LogP contribution < -0.4 is 5.73 Å². The van der Waals surface area contributed by atoms with Gasteiger partial charge in [0.15, 0.2) is 0 Å². The molecule has 0 saturated heterocycles. The number of halogens is 2. The van der Waals surface area contributed by atoms with Crippen molar-refractivity contribution in [2.24, 2.45) is 5.73 Å². The van der Waals surface area contributed by atoms with Crippen LogP contribution >= 0.6 is 34.5 Å². The van der Waals surface area contributed by atoms with Gasteiger partial charge in [0.2, 0.25) is 0 Å². The van der Waals surface area contributed by atoms with Gasteiger partial charge in [0.25, 0.3) is 0 Å². The number of rotatable bonds is 4.